The van der Waals surface area contributed by atoms with E-state index in [0.29, 0.717) is 0 Å². The Bertz CT molecular complexity index is 677. The average Bonchev–Trinajstić information content (AvgIpc) is 2.53. The number of nitrogens with zero attached hydrogens (tertiary/aromatic N) is 1. The maximum absolute atomic E-state index is 14.0. The van der Waals surface area contributed by atoms with Crippen molar-refractivity contribution in [1.82, 2.24) is 10.2 Å². The summed E-state index contributed by atoms with van der Waals surface area (Å²) in [5, 5.41) is 11.2. The first kappa shape index (κ1) is 19.8. The molecule has 2 amide bonds. The highest BCUT2D eigenvalue weighted by Gasteiger charge is 2.30. The number of hydrogen-bond donors (Lipinski definition) is 2. The number of halogens is 2. The number of nitrogens with one attached hydrogen (secondary N) is 1. The van der Waals surface area contributed by atoms with Crippen molar-refractivity contribution in [2.24, 2.45) is 0 Å². The van der Waals surface area contributed by atoms with Crippen LogP contribution >= 0.6 is 0 Å². The van der Waals surface area contributed by atoms with Crippen LogP contribution in [0.5, 0.6) is 0 Å². The lowest BCUT2D eigenvalue weighted by atomic mass is 10.0. The Morgan fingerprint density at radius 2 is 2.00 bits per heavy atom. The summed E-state index contributed by atoms with van der Waals surface area (Å²) in [5.74, 6) is -3.75. The van der Waals surface area contributed by atoms with E-state index in [4.69, 9.17) is 9.84 Å². The molecular weight excluding hydrogens is 350 g/mol. The van der Waals surface area contributed by atoms with Gasteiger partial charge >= 0.3 is 5.97 Å². The zero-order chi connectivity index (χ0) is 19.3. The number of ether oxygens (including phenoxy) is 1. The van der Waals surface area contributed by atoms with Crippen molar-refractivity contribution >= 4 is 17.8 Å². The second-order valence-electron chi connectivity index (χ2n) is 6.02. The third-order valence-electron chi connectivity index (χ3n) is 4.00. The number of carbonyl (C=O) groups is 3. The van der Waals surface area contributed by atoms with Crippen LogP contribution in [0, 0.1) is 11.6 Å². The fourth-order valence-corrected chi connectivity index (χ4v) is 2.88. The molecule has 1 aliphatic rings. The second-order valence-corrected chi connectivity index (χ2v) is 6.02. The Kier molecular flexibility index (Phi) is 6.62. The lowest BCUT2D eigenvalue weighted by molar-refractivity contribution is -0.148. The number of carbonyl (C=O) groups excluding carboxylic acids is 2. The van der Waals surface area contributed by atoms with Crippen molar-refractivity contribution in [1.29, 1.82) is 0 Å². The van der Waals surface area contributed by atoms with E-state index in [2.05, 4.69) is 5.32 Å². The molecule has 1 fully saturated rings. The number of aliphatic carboxylic acids is 1. The Hall–Kier alpha value is -2.55. The number of benzene rings is 1. The Balaban J connectivity index is 2.14. The average molecular weight is 370 g/mol. The van der Waals surface area contributed by atoms with E-state index in [-0.39, 0.29) is 38.1 Å². The van der Waals surface area contributed by atoms with Crippen molar-refractivity contribution in [3.8, 4) is 0 Å². The standard InChI is InChI=1S/C17H20F2N2O5/c1-10(22)20-14(17-12(18)3-2-4-13(17)19)8-15(23)21-5-6-26-11(9-21)7-16(24)25/h2-4,11,14H,5-9H2,1H3,(H,20,22)(H,24,25)/t11-,14+/m1/s1. The van der Waals surface area contributed by atoms with Crippen LogP contribution in [0.25, 0.3) is 0 Å². The molecule has 142 valence electrons. The van der Waals surface area contributed by atoms with Gasteiger partial charge in [0.2, 0.25) is 11.8 Å². The maximum Gasteiger partial charge on any atom is 0.306 e. The van der Waals surface area contributed by atoms with Crippen molar-refractivity contribution in [2.45, 2.75) is 31.9 Å². The van der Waals surface area contributed by atoms with Gasteiger partial charge in [-0.3, -0.25) is 14.4 Å². The van der Waals surface area contributed by atoms with E-state index in [9.17, 15) is 23.2 Å². The van der Waals surface area contributed by atoms with Gasteiger partial charge in [-0.2, -0.15) is 0 Å². The summed E-state index contributed by atoms with van der Waals surface area (Å²) in [6, 6.07) is 2.13. The highest BCUT2D eigenvalue weighted by molar-refractivity contribution is 5.79. The molecule has 2 N–H and O–H groups in total. The predicted octanol–water partition coefficient (Wildman–Crippen LogP) is 1.23. The monoisotopic (exact) mass is 370 g/mol. The molecule has 9 heteroatoms. The first-order valence-electron chi connectivity index (χ1n) is 8.10. The summed E-state index contributed by atoms with van der Waals surface area (Å²) in [5.41, 5.74) is -0.383. The molecule has 1 saturated heterocycles. The third-order valence-corrected chi connectivity index (χ3v) is 4.00. The van der Waals surface area contributed by atoms with Gasteiger partial charge in [0.15, 0.2) is 0 Å². The maximum atomic E-state index is 14.0. The van der Waals surface area contributed by atoms with E-state index < -0.39 is 41.6 Å². The molecule has 0 spiro atoms. The molecule has 26 heavy (non-hydrogen) atoms. The molecule has 0 radical (unpaired) electrons. The van der Waals surface area contributed by atoms with Gasteiger partial charge in [0.1, 0.15) is 11.6 Å². The minimum atomic E-state index is -1.16. The van der Waals surface area contributed by atoms with Crippen LogP contribution in [0.3, 0.4) is 0 Å². The summed E-state index contributed by atoms with van der Waals surface area (Å²) >= 11 is 0. The summed E-state index contributed by atoms with van der Waals surface area (Å²) < 4.78 is 33.4. The number of carboxylic acid groups (broad SMARTS) is 1. The molecule has 7 nitrogen and oxygen atoms in total. The van der Waals surface area contributed by atoms with E-state index in [1.54, 1.807) is 0 Å². The molecule has 0 saturated carbocycles. The van der Waals surface area contributed by atoms with E-state index in [1.807, 2.05) is 0 Å². The first-order valence-corrected chi connectivity index (χ1v) is 8.10. The summed E-state index contributed by atoms with van der Waals surface area (Å²) in [4.78, 5) is 36.1. The fourth-order valence-electron chi connectivity index (χ4n) is 2.88. The Labute approximate surface area is 148 Å². The number of carboxylic acids is 1. The normalized spacial score (nSPS) is 18.3. The number of amides is 2. The highest BCUT2D eigenvalue weighted by Crippen LogP contribution is 2.25. The molecular formula is C17H20F2N2O5. The minimum absolute atomic E-state index is 0.0671. The number of morpholine rings is 1. The van der Waals surface area contributed by atoms with Crippen LogP contribution in [0.15, 0.2) is 18.2 Å². The highest BCUT2D eigenvalue weighted by atomic mass is 19.1. The minimum Gasteiger partial charge on any atom is -0.481 e. The van der Waals surface area contributed by atoms with Crippen molar-refractivity contribution < 1.29 is 33.0 Å². The van der Waals surface area contributed by atoms with Gasteiger partial charge in [-0.15, -0.1) is 0 Å². The Morgan fingerprint density at radius 1 is 1.35 bits per heavy atom. The van der Waals surface area contributed by atoms with Crippen molar-refractivity contribution in [2.75, 3.05) is 19.7 Å². The Morgan fingerprint density at radius 3 is 2.58 bits per heavy atom. The van der Waals surface area contributed by atoms with Crippen molar-refractivity contribution in [3.63, 3.8) is 0 Å². The summed E-state index contributed by atoms with van der Waals surface area (Å²) in [7, 11) is 0. The van der Waals surface area contributed by atoms with Gasteiger partial charge in [-0.05, 0) is 12.1 Å². The first-order chi connectivity index (χ1) is 12.3. The second kappa shape index (κ2) is 8.70. The van der Waals surface area contributed by atoms with Crippen LogP contribution in [0.4, 0.5) is 8.78 Å². The van der Waals surface area contributed by atoms with Gasteiger partial charge in [0.05, 0.1) is 31.6 Å². The predicted molar refractivity (Wildman–Crippen MR) is 86.1 cm³/mol. The lowest BCUT2D eigenvalue weighted by Crippen LogP contribution is -2.47. The largest absolute Gasteiger partial charge is 0.481 e. The summed E-state index contributed by atoms with van der Waals surface area (Å²) in [6.07, 6.45) is -1.24. The van der Waals surface area contributed by atoms with Crippen LogP contribution in [0.2, 0.25) is 0 Å². The molecule has 0 aromatic heterocycles. The molecule has 1 aromatic carbocycles. The third kappa shape index (κ3) is 5.22. The molecule has 1 heterocycles. The SMILES string of the molecule is CC(=O)N[C@@H](CC(=O)N1CCO[C@H](CC(=O)O)C1)c1c(F)cccc1F. The van der Waals surface area contributed by atoms with Crippen LogP contribution in [-0.2, 0) is 19.1 Å². The molecule has 2 rings (SSSR count). The summed E-state index contributed by atoms with van der Waals surface area (Å²) in [6.45, 7) is 1.66. The molecule has 0 aliphatic carbocycles. The molecule has 2 atom stereocenters. The molecule has 0 bridgehead atoms. The van der Waals surface area contributed by atoms with E-state index >= 15 is 0 Å². The molecule has 1 aromatic rings. The molecule has 0 unspecified atom stereocenters. The zero-order valence-corrected chi connectivity index (χ0v) is 14.2. The van der Waals surface area contributed by atoms with Gasteiger partial charge in [0.25, 0.3) is 0 Å². The zero-order valence-electron chi connectivity index (χ0n) is 14.2. The topological polar surface area (TPSA) is 95.9 Å². The van der Waals surface area contributed by atoms with Crippen LogP contribution in [0.1, 0.15) is 31.4 Å². The van der Waals surface area contributed by atoms with Gasteiger partial charge in [0, 0.05) is 25.6 Å². The van der Waals surface area contributed by atoms with Crippen LogP contribution < -0.4 is 5.32 Å². The van der Waals surface area contributed by atoms with Gasteiger partial charge in [-0.25, -0.2) is 8.78 Å². The lowest BCUT2D eigenvalue weighted by Gasteiger charge is -2.33. The fraction of sp³-hybridized carbons (Fsp3) is 0.471. The van der Waals surface area contributed by atoms with E-state index in [0.717, 1.165) is 12.1 Å². The van der Waals surface area contributed by atoms with Gasteiger partial charge in [-0.1, -0.05) is 6.07 Å². The number of rotatable bonds is 6. The molecule has 1 aliphatic heterocycles. The number of hydrogen-bond acceptors (Lipinski definition) is 4. The van der Waals surface area contributed by atoms with E-state index in [1.165, 1.54) is 17.9 Å². The smallest absolute Gasteiger partial charge is 0.306 e. The van der Waals surface area contributed by atoms with Crippen molar-refractivity contribution in [3.05, 3.63) is 35.4 Å². The van der Waals surface area contributed by atoms with Crippen LogP contribution in [-0.4, -0.2) is 53.6 Å². The quantitative estimate of drug-likeness (QED) is 0.785. The van der Waals surface area contributed by atoms with Gasteiger partial charge < -0.3 is 20.1 Å².